The SMILES string of the molecule is CN1C(=O)C2=C(C3CCCc4ccccc43)N(C)C(=O)C2=C1C1CCCCC1. The molecule has 2 aliphatic heterocycles. The van der Waals surface area contributed by atoms with Crippen molar-refractivity contribution in [2.45, 2.75) is 57.3 Å². The smallest absolute Gasteiger partial charge is 0.260 e. The van der Waals surface area contributed by atoms with Gasteiger partial charge < -0.3 is 9.80 Å². The number of carbonyl (C=O) groups excluding carboxylic acids is 2. The van der Waals surface area contributed by atoms with Gasteiger partial charge in [0.15, 0.2) is 0 Å². The fourth-order valence-corrected chi connectivity index (χ4v) is 5.88. The molecule has 0 spiro atoms. The van der Waals surface area contributed by atoms with Crippen LogP contribution in [0.3, 0.4) is 0 Å². The van der Waals surface area contributed by atoms with Crippen LogP contribution in [0.4, 0.5) is 0 Å². The van der Waals surface area contributed by atoms with Crippen LogP contribution >= 0.6 is 0 Å². The molecule has 0 saturated heterocycles. The zero-order chi connectivity index (χ0) is 19.4. The summed E-state index contributed by atoms with van der Waals surface area (Å²) in [4.78, 5) is 30.3. The number of nitrogens with zero attached hydrogens (tertiary/aromatic N) is 2. The third kappa shape index (κ3) is 2.43. The molecule has 5 rings (SSSR count). The number of aryl methyl sites for hydroxylation is 1. The van der Waals surface area contributed by atoms with Crippen LogP contribution in [0, 0.1) is 5.92 Å². The zero-order valence-corrected chi connectivity index (χ0v) is 16.8. The minimum absolute atomic E-state index is 0.0197. The quantitative estimate of drug-likeness (QED) is 0.778. The summed E-state index contributed by atoms with van der Waals surface area (Å²) in [5.41, 5.74) is 5.98. The maximum atomic E-state index is 13.3. The van der Waals surface area contributed by atoms with Gasteiger partial charge in [-0.05, 0) is 43.2 Å². The first-order valence-electron chi connectivity index (χ1n) is 10.7. The van der Waals surface area contributed by atoms with Gasteiger partial charge in [-0.1, -0.05) is 43.5 Å². The van der Waals surface area contributed by atoms with Gasteiger partial charge in [0, 0.05) is 37.3 Å². The maximum absolute atomic E-state index is 13.3. The number of benzene rings is 1. The largest absolute Gasteiger partial charge is 0.314 e. The Morgan fingerprint density at radius 2 is 1.43 bits per heavy atom. The molecule has 2 aliphatic carbocycles. The molecule has 1 aromatic rings. The molecule has 4 aliphatic rings. The zero-order valence-electron chi connectivity index (χ0n) is 16.8. The van der Waals surface area contributed by atoms with Crippen molar-refractivity contribution in [1.29, 1.82) is 0 Å². The average molecular weight is 377 g/mol. The maximum Gasteiger partial charge on any atom is 0.260 e. The van der Waals surface area contributed by atoms with Gasteiger partial charge in [0.05, 0.1) is 11.1 Å². The van der Waals surface area contributed by atoms with Crippen molar-refractivity contribution in [3.05, 3.63) is 57.9 Å². The standard InChI is InChI=1S/C24H28N2O2/c1-25-21(16-10-4-3-5-11-16)19-20(24(25)28)22(26(2)23(19)27)18-14-8-12-15-9-6-7-13-17(15)18/h6-7,9,13,16,18H,3-5,8,10-12,14H2,1-2H3. The summed E-state index contributed by atoms with van der Waals surface area (Å²) in [7, 11) is 3.73. The highest BCUT2D eigenvalue weighted by atomic mass is 16.2. The Labute approximate surface area is 166 Å². The molecule has 2 heterocycles. The topological polar surface area (TPSA) is 40.6 Å². The minimum Gasteiger partial charge on any atom is -0.314 e. The first kappa shape index (κ1) is 17.7. The van der Waals surface area contributed by atoms with E-state index in [1.165, 1.54) is 30.4 Å². The number of likely N-dealkylation sites (N-methyl/N-ethyl adjacent to an activating group) is 2. The third-order valence-electron chi connectivity index (χ3n) is 7.21. The predicted molar refractivity (Wildman–Crippen MR) is 108 cm³/mol. The van der Waals surface area contributed by atoms with Gasteiger partial charge in [0.1, 0.15) is 0 Å². The molecule has 4 nitrogen and oxygen atoms in total. The Balaban J connectivity index is 1.67. The van der Waals surface area contributed by atoms with Crippen molar-refractivity contribution in [2.24, 2.45) is 5.92 Å². The summed E-state index contributed by atoms with van der Waals surface area (Å²) < 4.78 is 0. The van der Waals surface area contributed by atoms with E-state index in [4.69, 9.17) is 0 Å². The second kappa shape index (κ2) is 6.61. The van der Waals surface area contributed by atoms with Crippen LogP contribution < -0.4 is 0 Å². The van der Waals surface area contributed by atoms with Crippen molar-refractivity contribution in [2.75, 3.05) is 14.1 Å². The summed E-state index contributed by atoms with van der Waals surface area (Å²) in [5.74, 6) is 0.512. The van der Waals surface area contributed by atoms with Crippen molar-refractivity contribution >= 4 is 11.8 Å². The van der Waals surface area contributed by atoms with Crippen molar-refractivity contribution in [3.8, 4) is 0 Å². The number of carbonyl (C=O) groups is 2. The van der Waals surface area contributed by atoms with Gasteiger partial charge in [-0.3, -0.25) is 9.59 Å². The molecule has 1 aromatic carbocycles. The predicted octanol–water partition coefficient (Wildman–Crippen LogP) is 4.14. The molecule has 0 bridgehead atoms. The number of fused-ring (bicyclic) bond motifs is 2. The Morgan fingerprint density at radius 1 is 0.786 bits per heavy atom. The van der Waals surface area contributed by atoms with Gasteiger partial charge in [-0.15, -0.1) is 0 Å². The Hall–Kier alpha value is -2.36. The molecular weight excluding hydrogens is 348 g/mol. The molecule has 1 fully saturated rings. The first-order chi connectivity index (χ1) is 13.6. The Bertz CT molecular complexity index is 920. The summed E-state index contributed by atoms with van der Waals surface area (Å²) in [6.07, 6.45) is 8.99. The number of hydrogen-bond acceptors (Lipinski definition) is 2. The highest BCUT2D eigenvalue weighted by molar-refractivity contribution is 6.19. The number of rotatable bonds is 2. The van der Waals surface area contributed by atoms with Crippen LogP contribution in [0.25, 0.3) is 0 Å². The lowest BCUT2D eigenvalue weighted by molar-refractivity contribution is -0.123. The molecule has 0 N–H and O–H groups in total. The lowest BCUT2D eigenvalue weighted by Crippen LogP contribution is -2.31. The van der Waals surface area contributed by atoms with Crippen LogP contribution in [-0.4, -0.2) is 35.7 Å². The lowest BCUT2D eigenvalue weighted by atomic mass is 9.79. The number of allylic oxidation sites excluding steroid dienone is 2. The minimum atomic E-state index is 0.0197. The van der Waals surface area contributed by atoms with Gasteiger partial charge in [0.2, 0.25) is 0 Å². The summed E-state index contributed by atoms with van der Waals surface area (Å²) in [5, 5.41) is 0. The third-order valence-corrected chi connectivity index (χ3v) is 7.21. The van der Waals surface area contributed by atoms with Gasteiger partial charge >= 0.3 is 0 Å². The molecule has 2 amide bonds. The van der Waals surface area contributed by atoms with E-state index in [0.717, 1.165) is 43.5 Å². The molecule has 146 valence electrons. The Kier molecular flexibility index (Phi) is 4.18. The Morgan fingerprint density at radius 3 is 2.18 bits per heavy atom. The van der Waals surface area contributed by atoms with E-state index in [9.17, 15) is 9.59 Å². The molecule has 1 atom stereocenters. The van der Waals surface area contributed by atoms with Gasteiger partial charge in [-0.25, -0.2) is 0 Å². The molecule has 0 radical (unpaired) electrons. The van der Waals surface area contributed by atoms with E-state index in [1.807, 2.05) is 14.1 Å². The first-order valence-corrected chi connectivity index (χ1v) is 10.7. The van der Waals surface area contributed by atoms with E-state index < -0.39 is 0 Å². The fraction of sp³-hybridized carbons (Fsp3) is 0.500. The molecule has 1 unspecified atom stereocenters. The van der Waals surface area contributed by atoms with Crippen molar-refractivity contribution in [1.82, 2.24) is 9.80 Å². The van der Waals surface area contributed by atoms with E-state index in [0.29, 0.717) is 17.1 Å². The highest BCUT2D eigenvalue weighted by Crippen LogP contribution is 2.49. The van der Waals surface area contributed by atoms with Crippen molar-refractivity contribution < 1.29 is 9.59 Å². The molecule has 28 heavy (non-hydrogen) atoms. The van der Waals surface area contributed by atoms with Crippen LogP contribution in [-0.2, 0) is 16.0 Å². The normalized spacial score (nSPS) is 25.7. The van der Waals surface area contributed by atoms with Gasteiger partial charge in [-0.2, -0.15) is 0 Å². The lowest BCUT2D eigenvalue weighted by Gasteiger charge is -2.31. The summed E-state index contributed by atoms with van der Waals surface area (Å²) >= 11 is 0. The molecule has 4 heteroatoms. The molecular formula is C24H28N2O2. The van der Waals surface area contributed by atoms with Gasteiger partial charge in [0.25, 0.3) is 11.8 Å². The number of amides is 2. The van der Waals surface area contributed by atoms with E-state index in [2.05, 4.69) is 24.3 Å². The monoisotopic (exact) mass is 376 g/mol. The van der Waals surface area contributed by atoms with Crippen LogP contribution in [0.2, 0.25) is 0 Å². The summed E-state index contributed by atoms with van der Waals surface area (Å²) in [6.45, 7) is 0. The van der Waals surface area contributed by atoms with Crippen LogP contribution in [0.5, 0.6) is 0 Å². The second-order valence-corrected chi connectivity index (χ2v) is 8.73. The molecule has 0 aromatic heterocycles. The van der Waals surface area contributed by atoms with Crippen molar-refractivity contribution in [3.63, 3.8) is 0 Å². The van der Waals surface area contributed by atoms with E-state index in [-0.39, 0.29) is 17.7 Å². The second-order valence-electron chi connectivity index (χ2n) is 8.73. The average Bonchev–Trinajstić information content (AvgIpc) is 3.13. The van der Waals surface area contributed by atoms with E-state index in [1.54, 1.807) is 9.80 Å². The number of hydrogen-bond donors (Lipinski definition) is 0. The highest BCUT2D eigenvalue weighted by Gasteiger charge is 2.49. The fourth-order valence-electron chi connectivity index (χ4n) is 5.88. The van der Waals surface area contributed by atoms with Crippen LogP contribution in [0.1, 0.15) is 62.0 Å². The van der Waals surface area contributed by atoms with E-state index >= 15 is 0 Å². The molecule has 1 saturated carbocycles. The van der Waals surface area contributed by atoms with Crippen LogP contribution in [0.15, 0.2) is 46.8 Å². The summed E-state index contributed by atoms with van der Waals surface area (Å²) in [6, 6.07) is 8.53.